The summed E-state index contributed by atoms with van der Waals surface area (Å²) in [6.45, 7) is 5.51. The highest BCUT2D eigenvalue weighted by atomic mass is 16.5. The van der Waals surface area contributed by atoms with Gasteiger partial charge in [0.2, 0.25) is 5.88 Å². The summed E-state index contributed by atoms with van der Waals surface area (Å²) in [7, 11) is 1.96. The molecule has 2 rings (SSSR count). The third-order valence-electron chi connectivity index (χ3n) is 3.04. The van der Waals surface area contributed by atoms with Crippen LogP contribution in [0.1, 0.15) is 26.7 Å². The Morgan fingerprint density at radius 2 is 2.32 bits per heavy atom. The number of likely N-dealkylation sites (N-methyl/N-ethyl adjacent to an activating group) is 1. The summed E-state index contributed by atoms with van der Waals surface area (Å²) in [5.74, 6) is 1.14. The van der Waals surface area contributed by atoms with Gasteiger partial charge in [0.25, 0.3) is 0 Å². The first kappa shape index (κ1) is 13.9. The molecule has 1 aromatic heterocycles. The topological polar surface area (TPSA) is 73.5 Å². The Balaban J connectivity index is 2.09. The van der Waals surface area contributed by atoms with Crippen LogP contribution in [0, 0.1) is 0 Å². The van der Waals surface area contributed by atoms with Gasteiger partial charge in [-0.3, -0.25) is 0 Å². The van der Waals surface area contributed by atoms with E-state index in [2.05, 4.69) is 9.97 Å². The number of nitrogens with two attached hydrogens (primary N) is 1. The zero-order valence-electron chi connectivity index (χ0n) is 11.8. The number of anilines is 2. The molecule has 0 saturated carbocycles. The molecule has 0 aromatic carbocycles. The van der Waals surface area contributed by atoms with Crippen LogP contribution < -0.4 is 15.4 Å². The molecule has 1 saturated heterocycles. The van der Waals surface area contributed by atoms with Crippen LogP contribution in [0.4, 0.5) is 11.5 Å². The van der Waals surface area contributed by atoms with Gasteiger partial charge in [-0.15, -0.1) is 0 Å². The predicted octanol–water partition coefficient (Wildman–Crippen LogP) is 1.46. The zero-order chi connectivity index (χ0) is 13.8. The molecule has 19 heavy (non-hydrogen) atoms. The fourth-order valence-corrected chi connectivity index (χ4v) is 2.17. The van der Waals surface area contributed by atoms with E-state index in [1.807, 2.05) is 25.8 Å². The van der Waals surface area contributed by atoms with Crippen LogP contribution in [0.2, 0.25) is 0 Å². The Morgan fingerprint density at radius 1 is 1.53 bits per heavy atom. The second-order valence-electron chi connectivity index (χ2n) is 5.10. The van der Waals surface area contributed by atoms with Crippen molar-refractivity contribution in [2.24, 2.45) is 0 Å². The Morgan fingerprint density at radius 3 is 2.95 bits per heavy atom. The maximum absolute atomic E-state index is 6.07. The highest BCUT2D eigenvalue weighted by molar-refractivity contribution is 5.67. The summed E-state index contributed by atoms with van der Waals surface area (Å²) in [5.41, 5.74) is 6.56. The third kappa shape index (κ3) is 3.47. The van der Waals surface area contributed by atoms with Crippen LogP contribution in [-0.4, -0.2) is 42.4 Å². The van der Waals surface area contributed by atoms with Crippen molar-refractivity contribution in [3.05, 3.63) is 6.33 Å². The van der Waals surface area contributed by atoms with E-state index in [9.17, 15) is 0 Å². The van der Waals surface area contributed by atoms with Crippen molar-refractivity contribution in [3.63, 3.8) is 0 Å². The Bertz CT molecular complexity index is 419. The molecule has 0 aliphatic carbocycles. The maximum Gasteiger partial charge on any atom is 0.242 e. The summed E-state index contributed by atoms with van der Waals surface area (Å²) >= 11 is 0. The van der Waals surface area contributed by atoms with Crippen molar-refractivity contribution in [2.45, 2.75) is 38.9 Å². The predicted molar refractivity (Wildman–Crippen MR) is 74.5 cm³/mol. The van der Waals surface area contributed by atoms with E-state index in [4.69, 9.17) is 15.2 Å². The van der Waals surface area contributed by atoms with Crippen LogP contribution in [-0.2, 0) is 4.74 Å². The maximum atomic E-state index is 6.07. The largest absolute Gasteiger partial charge is 0.473 e. The highest BCUT2D eigenvalue weighted by Gasteiger charge is 2.20. The summed E-state index contributed by atoms with van der Waals surface area (Å²) < 4.78 is 11.2. The van der Waals surface area contributed by atoms with Crippen molar-refractivity contribution >= 4 is 11.5 Å². The molecule has 1 unspecified atom stereocenters. The average molecular weight is 266 g/mol. The van der Waals surface area contributed by atoms with Gasteiger partial charge < -0.3 is 20.1 Å². The van der Waals surface area contributed by atoms with Gasteiger partial charge in [0.05, 0.1) is 12.2 Å². The zero-order valence-corrected chi connectivity index (χ0v) is 11.8. The molecule has 106 valence electrons. The molecule has 2 heterocycles. The Kier molecular flexibility index (Phi) is 4.42. The van der Waals surface area contributed by atoms with Gasteiger partial charge in [-0.25, -0.2) is 4.98 Å². The number of rotatable bonds is 5. The first-order valence-corrected chi connectivity index (χ1v) is 6.67. The average Bonchev–Trinajstić information content (AvgIpc) is 2.84. The molecule has 6 nitrogen and oxygen atoms in total. The van der Waals surface area contributed by atoms with Crippen molar-refractivity contribution in [3.8, 4) is 5.88 Å². The van der Waals surface area contributed by atoms with E-state index in [1.54, 1.807) is 0 Å². The van der Waals surface area contributed by atoms with E-state index in [-0.39, 0.29) is 12.2 Å². The molecule has 1 atom stereocenters. The van der Waals surface area contributed by atoms with E-state index in [0.717, 1.165) is 26.0 Å². The highest BCUT2D eigenvalue weighted by Crippen LogP contribution is 2.28. The van der Waals surface area contributed by atoms with E-state index in [0.29, 0.717) is 17.4 Å². The first-order chi connectivity index (χ1) is 9.08. The molecule has 0 bridgehead atoms. The number of hydrogen-bond acceptors (Lipinski definition) is 6. The number of hydrogen-bond donors (Lipinski definition) is 1. The molecule has 0 amide bonds. The standard InChI is InChI=1S/C13H22N4O2/c1-9(2)19-13-11(14)12(15-8-16-13)17(3)7-10-5-4-6-18-10/h8-10H,4-7,14H2,1-3H3. The van der Waals surface area contributed by atoms with Crippen LogP contribution in [0.5, 0.6) is 5.88 Å². The molecule has 1 aromatic rings. The van der Waals surface area contributed by atoms with Crippen LogP contribution >= 0.6 is 0 Å². The van der Waals surface area contributed by atoms with E-state index >= 15 is 0 Å². The van der Waals surface area contributed by atoms with Crippen molar-refractivity contribution in [1.29, 1.82) is 0 Å². The van der Waals surface area contributed by atoms with Gasteiger partial charge in [0, 0.05) is 20.2 Å². The fourth-order valence-electron chi connectivity index (χ4n) is 2.17. The summed E-state index contributed by atoms with van der Waals surface area (Å²) in [6.07, 6.45) is 3.99. The number of aromatic nitrogens is 2. The molecule has 0 radical (unpaired) electrons. The van der Waals surface area contributed by atoms with Gasteiger partial charge in [0.1, 0.15) is 12.0 Å². The molecule has 1 aliphatic rings. The smallest absolute Gasteiger partial charge is 0.242 e. The lowest BCUT2D eigenvalue weighted by molar-refractivity contribution is 0.116. The molecular formula is C13H22N4O2. The van der Waals surface area contributed by atoms with Crippen molar-refractivity contribution < 1.29 is 9.47 Å². The van der Waals surface area contributed by atoms with Gasteiger partial charge in [0.15, 0.2) is 5.82 Å². The Labute approximate surface area is 113 Å². The molecule has 1 fully saturated rings. The monoisotopic (exact) mass is 266 g/mol. The quantitative estimate of drug-likeness (QED) is 0.869. The van der Waals surface area contributed by atoms with E-state index in [1.165, 1.54) is 6.33 Å². The van der Waals surface area contributed by atoms with Gasteiger partial charge in [-0.2, -0.15) is 4.98 Å². The normalized spacial score (nSPS) is 18.8. The minimum Gasteiger partial charge on any atom is -0.473 e. The van der Waals surface area contributed by atoms with E-state index < -0.39 is 0 Å². The molecule has 2 N–H and O–H groups in total. The molecule has 1 aliphatic heterocycles. The molecule has 0 spiro atoms. The lowest BCUT2D eigenvalue weighted by atomic mass is 10.2. The van der Waals surface area contributed by atoms with Crippen LogP contribution in [0.15, 0.2) is 6.33 Å². The second-order valence-corrected chi connectivity index (χ2v) is 5.10. The summed E-state index contributed by atoms with van der Waals surface area (Å²) in [4.78, 5) is 10.3. The second kappa shape index (κ2) is 6.06. The Hall–Kier alpha value is -1.56. The van der Waals surface area contributed by atoms with Gasteiger partial charge >= 0.3 is 0 Å². The van der Waals surface area contributed by atoms with Crippen LogP contribution in [0.25, 0.3) is 0 Å². The van der Waals surface area contributed by atoms with Gasteiger partial charge in [-0.1, -0.05) is 0 Å². The minimum atomic E-state index is 0.0357. The number of ether oxygens (including phenoxy) is 2. The number of nitrogens with zero attached hydrogens (tertiary/aromatic N) is 3. The molecular weight excluding hydrogens is 244 g/mol. The molecule has 6 heteroatoms. The minimum absolute atomic E-state index is 0.0357. The SMILES string of the molecule is CC(C)Oc1ncnc(N(C)CC2CCCO2)c1N. The van der Waals surface area contributed by atoms with Crippen molar-refractivity contribution in [2.75, 3.05) is 30.8 Å². The fraction of sp³-hybridized carbons (Fsp3) is 0.692. The first-order valence-electron chi connectivity index (χ1n) is 6.67. The van der Waals surface area contributed by atoms with Crippen LogP contribution in [0.3, 0.4) is 0 Å². The lowest BCUT2D eigenvalue weighted by Gasteiger charge is -2.23. The third-order valence-corrected chi connectivity index (χ3v) is 3.04. The summed E-state index contributed by atoms with van der Waals surface area (Å²) in [5, 5.41) is 0. The lowest BCUT2D eigenvalue weighted by Crippen LogP contribution is -2.30. The van der Waals surface area contributed by atoms with Crippen molar-refractivity contribution in [1.82, 2.24) is 9.97 Å². The number of nitrogen functional groups attached to an aromatic ring is 1. The van der Waals surface area contributed by atoms with Gasteiger partial charge in [-0.05, 0) is 26.7 Å². The summed E-state index contributed by atoms with van der Waals surface area (Å²) in [6, 6.07) is 0.